The standard InChI is InChI=1S/C26H34O2/c1-6-9-24(28)14-18(3)10-8-11-21-15-19(4)26(22(7-2)16-20(5)27)25(17-21)23-12-13-23/h6-7,9,14-15,17,23,28H,1,8,10-13,16H2,2-5H3/b18-14-,22-7-,24-9+. The number of hydrogen-bond donors (Lipinski definition) is 1. The number of ketones is 1. The van der Waals surface area contributed by atoms with Crippen molar-refractivity contribution in [2.24, 2.45) is 0 Å². The number of aryl methyl sites for hydroxylation is 2. The van der Waals surface area contributed by atoms with Crippen LogP contribution in [0.5, 0.6) is 0 Å². The predicted molar refractivity (Wildman–Crippen MR) is 120 cm³/mol. The first-order valence-corrected chi connectivity index (χ1v) is 10.3. The van der Waals surface area contributed by atoms with E-state index in [1.165, 1.54) is 46.2 Å². The first-order chi connectivity index (χ1) is 13.3. The number of allylic oxidation sites excluding steroid dienone is 6. The number of carbonyl (C=O) groups is 1. The lowest BCUT2D eigenvalue weighted by Gasteiger charge is -2.17. The molecule has 0 aromatic heterocycles. The molecule has 0 amide bonds. The number of rotatable bonds is 10. The second kappa shape index (κ2) is 10.3. The van der Waals surface area contributed by atoms with Crippen LogP contribution in [-0.4, -0.2) is 10.9 Å². The predicted octanol–water partition coefficient (Wildman–Crippen LogP) is 7.15. The maximum Gasteiger partial charge on any atom is 0.134 e. The Kier molecular flexibility index (Phi) is 8.04. The highest BCUT2D eigenvalue weighted by atomic mass is 16.3. The molecule has 0 unspecified atom stereocenters. The first-order valence-electron chi connectivity index (χ1n) is 10.3. The van der Waals surface area contributed by atoms with E-state index in [1.54, 1.807) is 19.1 Å². The van der Waals surface area contributed by atoms with Crippen LogP contribution in [0.3, 0.4) is 0 Å². The zero-order chi connectivity index (χ0) is 20.7. The normalized spacial score (nSPS) is 15.6. The van der Waals surface area contributed by atoms with E-state index in [9.17, 15) is 9.90 Å². The van der Waals surface area contributed by atoms with Crippen LogP contribution < -0.4 is 0 Å². The van der Waals surface area contributed by atoms with Crippen LogP contribution in [0.15, 0.2) is 54.3 Å². The molecule has 2 nitrogen and oxygen atoms in total. The summed E-state index contributed by atoms with van der Waals surface area (Å²) in [4.78, 5) is 11.7. The Labute approximate surface area is 170 Å². The second-order valence-corrected chi connectivity index (χ2v) is 8.02. The number of hydrogen-bond acceptors (Lipinski definition) is 2. The number of carbonyl (C=O) groups excluding carboxylic acids is 1. The molecule has 1 aromatic rings. The molecule has 0 saturated heterocycles. The van der Waals surface area contributed by atoms with Crippen molar-refractivity contribution >= 4 is 11.4 Å². The molecule has 1 aromatic carbocycles. The smallest absolute Gasteiger partial charge is 0.134 e. The zero-order valence-corrected chi connectivity index (χ0v) is 17.8. The Bertz CT molecular complexity index is 817. The van der Waals surface area contributed by atoms with Crippen molar-refractivity contribution in [3.63, 3.8) is 0 Å². The molecular weight excluding hydrogens is 344 g/mol. The van der Waals surface area contributed by atoms with Crippen molar-refractivity contribution in [3.8, 4) is 0 Å². The quantitative estimate of drug-likeness (QED) is 0.347. The lowest BCUT2D eigenvalue weighted by Crippen LogP contribution is -2.02. The Morgan fingerprint density at radius 1 is 1.29 bits per heavy atom. The molecule has 0 bridgehead atoms. The molecule has 2 rings (SSSR count). The third-order valence-corrected chi connectivity index (χ3v) is 5.27. The topological polar surface area (TPSA) is 37.3 Å². The highest BCUT2D eigenvalue weighted by Gasteiger charge is 2.28. The summed E-state index contributed by atoms with van der Waals surface area (Å²) in [5.74, 6) is 1.13. The van der Waals surface area contributed by atoms with E-state index in [-0.39, 0.29) is 11.5 Å². The molecule has 28 heavy (non-hydrogen) atoms. The molecule has 0 atom stereocenters. The fraction of sp³-hybridized carbons (Fsp3) is 0.423. The Balaban J connectivity index is 2.16. The van der Waals surface area contributed by atoms with Gasteiger partial charge in [-0.2, -0.15) is 0 Å². The van der Waals surface area contributed by atoms with E-state index < -0.39 is 0 Å². The van der Waals surface area contributed by atoms with Crippen LogP contribution in [0, 0.1) is 6.92 Å². The highest BCUT2D eigenvalue weighted by molar-refractivity contribution is 5.90. The second-order valence-electron chi connectivity index (χ2n) is 8.02. The van der Waals surface area contributed by atoms with E-state index in [4.69, 9.17) is 0 Å². The lowest BCUT2D eigenvalue weighted by atomic mass is 9.87. The Hall–Kier alpha value is -2.35. The summed E-state index contributed by atoms with van der Waals surface area (Å²) in [7, 11) is 0. The van der Waals surface area contributed by atoms with Gasteiger partial charge in [-0.15, -0.1) is 0 Å². The van der Waals surface area contributed by atoms with Crippen molar-refractivity contribution in [1.29, 1.82) is 0 Å². The van der Waals surface area contributed by atoms with Gasteiger partial charge < -0.3 is 5.11 Å². The van der Waals surface area contributed by atoms with E-state index in [0.29, 0.717) is 12.3 Å². The number of Topliss-reactive ketones (excluding diaryl/α,β-unsaturated/α-hetero) is 1. The summed E-state index contributed by atoms with van der Waals surface area (Å²) in [5.41, 5.74) is 7.74. The molecule has 0 aliphatic heterocycles. The molecule has 1 saturated carbocycles. The van der Waals surface area contributed by atoms with Gasteiger partial charge in [0.1, 0.15) is 11.5 Å². The van der Waals surface area contributed by atoms with Gasteiger partial charge in [0.05, 0.1) is 0 Å². The molecule has 0 radical (unpaired) electrons. The van der Waals surface area contributed by atoms with Gasteiger partial charge in [0.15, 0.2) is 0 Å². The molecule has 1 fully saturated rings. The van der Waals surface area contributed by atoms with Crippen LogP contribution in [0.4, 0.5) is 0 Å². The summed E-state index contributed by atoms with van der Waals surface area (Å²) in [6.45, 7) is 11.5. The van der Waals surface area contributed by atoms with Crippen LogP contribution in [0.2, 0.25) is 0 Å². The fourth-order valence-corrected chi connectivity index (χ4v) is 3.86. The minimum atomic E-state index is 0.217. The molecule has 150 valence electrons. The van der Waals surface area contributed by atoms with Gasteiger partial charge >= 0.3 is 0 Å². The molecular formula is C26H34O2. The number of benzene rings is 1. The molecule has 1 aliphatic carbocycles. The Morgan fingerprint density at radius 3 is 2.57 bits per heavy atom. The number of aliphatic hydroxyl groups excluding tert-OH is 1. The van der Waals surface area contributed by atoms with E-state index in [2.05, 4.69) is 38.6 Å². The van der Waals surface area contributed by atoms with Gasteiger partial charge in [0.25, 0.3) is 0 Å². The maximum absolute atomic E-state index is 11.7. The molecule has 2 heteroatoms. The van der Waals surface area contributed by atoms with Gasteiger partial charge in [-0.25, -0.2) is 0 Å². The van der Waals surface area contributed by atoms with Gasteiger partial charge in [-0.05, 0) is 106 Å². The van der Waals surface area contributed by atoms with Crippen molar-refractivity contribution in [3.05, 3.63) is 76.6 Å². The molecule has 1 N–H and O–H groups in total. The third-order valence-electron chi connectivity index (χ3n) is 5.27. The van der Waals surface area contributed by atoms with E-state index in [0.717, 1.165) is 19.3 Å². The van der Waals surface area contributed by atoms with Crippen molar-refractivity contribution in [2.75, 3.05) is 0 Å². The van der Waals surface area contributed by atoms with E-state index >= 15 is 0 Å². The van der Waals surface area contributed by atoms with Gasteiger partial charge in [0.2, 0.25) is 0 Å². The van der Waals surface area contributed by atoms with Crippen LogP contribution in [0.25, 0.3) is 5.57 Å². The first kappa shape index (κ1) is 21.9. The highest BCUT2D eigenvalue weighted by Crippen LogP contribution is 2.45. The summed E-state index contributed by atoms with van der Waals surface area (Å²) in [6.07, 6.45) is 13.2. The van der Waals surface area contributed by atoms with E-state index in [1.807, 2.05) is 13.0 Å². The van der Waals surface area contributed by atoms with Crippen LogP contribution in [-0.2, 0) is 11.2 Å². The monoisotopic (exact) mass is 378 g/mol. The van der Waals surface area contributed by atoms with Gasteiger partial charge in [-0.3, -0.25) is 4.79 Å². The zero-order valence-electron chi connectivity index (χ0n) is 17.8. The minimum Gasteiger partial charge on any atom is -0.508 e. The van der Waals surface area contributed by atoms with Crippen molar-refractivity contribution in [1.82, 2.24) is 0 Å². The summed E-state index contributed by atoms with van der Waals surface area (Å²) < 4.78 is 0. The van der Waals surface area contributed by atoms with Crippen molar-refractivity contribution < 1.29 is 9.90 Å². The average molecular weight is 379 g/mol. The molecule has 0 spiro atoms. The number of aliphatic hydroxyl groups is 1. The van der Waals surface area contributed by atoms with Crippen LogP contribution in [0.1, 0.15) is 81.0 Å². The van der Waals surface area contributed by atoms with Gasteiger partial charge in [0, 0.05) is 6.42 Å². The summed E-state index contributed by atoms with van der Waals surface area (Å²) in [5, 5.41) is 9.73. The lowest BCUT2D eigenvalue weighted by molar-refractivity contribution is -0.116. The average Bonchev–Trinajstić information content (AvgIpc) is 3.44. The maximum atomic E-state index is 11.7. The summed E-state index contributed by atoms with van der Waals surface area (Å²) in [6, 6.07) is 4.66. The molecule has 1 aliphatic rings. The van der Waals surface area contributed by atoms with Crippen molar-refractivity contribution in [2.45, 2.75) is 72.1 Å². The SMILES string of the molecule is C=C/C=C(O)\C=C(\C)CCCc1cc(C)c(/C(=C\C)CC(C)=O)c(C2CC2)c1. The molecule has 0 heterocycles. The fourth-order valence-electron chi connectivity index (χ4n) is 3.86. The third kappa shape index (κ3) is 6.37. The Morgan fingerprint density at radius 2 is 2.00 bits per heavy atom. The van der Waals surface area contributed by atoms with Gasteiger partial charge in [-0.1, -0.05) is 36.4 Å². The largest absolute Gasteiger partial charge is 0.508 e. The summed E-state index contributed by atoms with van der Waals surface area (Å²) >= 11 is 0. The minimum absolute atomic E-state index is 0.217. The van der Waals surface area contributed by atoms with Crippen LogP contribution >= 0.6 is 0 Å².